The van der Waals surface area contributed by atoms with E-state index in [0.717, 1.165) is 33.3 Å². The highest BCUT2D eigenvalue weighted by atomic mass is 35.5. The van der Waals surface area contributed by atoms with Gasteiger partial charge in [-0.05, 0) is 66.7 Å². The number of aromatic nitrogens is 2. The first kappa shape index (κ1) is 24.1. The third-order valence-corrected chi connectivity index (χ3v) is 7.59. The van der Waals surface area contributed by atoms with E-state index in [2.05, 4.69) is 19.6 Å². The number of aryl methyl sites for hydroxylation is 1. The van der Waals surface area contributed by atoms with Crippen LogP contribution in [0.3, 0.4) is 0 Å². The SMILES string of the molecule is Cc1cc(OCCn2cc(C=C3C(=N)N4N=C(c5cccnc5)SC4=NC3=O)c3ccccc32)ccc1Cl. The van der Waals surface area contributed by atoms with Crippen LogP contribution in [0, 0.1) is 12.3 Å². The molecule has 0 fully saturated rings. The van der Waals surface area contributed by atoms with Crippen molar-refractivity contribution in [2.75, 3.05) is 6.61 Å². The summed E-state index contributed by atoms with van der Waals surface area (Å²) in [6.07, 6.45) is 7.06. The smallest absolute Gasteiger partial charge is 0.283 e. The molecule has 2 aromatic heterocycles. The minimum absolute atomic E-state index is 0.00957. The van der Waals surface area contributed by atoms with Gasteiger partial charge in [-0.3, -0.25) is 15.2 Å². The molecule has 0 unspecified atom stereocenters. The summed E-state index contributed by atoms with van der Waals surface area (Å²) < 4.78 is 8.04. The van der Waals surface area contributed by atoms with E-state index in [1.54, 1.807) is 18.5 Å². The van der Waals surface area contributed by atoms with Gasteiger partial charge in [0, 0.05) is 45.6 Å². The average Bonchev–Trinajstić information content (AvgIpc) is 3.51. The number of para-hydroxylation sites is 1. The molecule has 2 aromatic carbocycles. The van der Waals surface area contributed by atoms with Crippen LogP contribution in [0.4, 0.5) is 0 Å². The maximum absolute atomic E-state index is 13.0. The Morgan fingerprint density at radius 1 is 1.16 bits per heavy atom. The zero-order valence-electron chi connectivity index (χ0n) is 20.3. The summed E-state index contributed by atoms with van der Waals surface area (Å²) in [5.74, 6) is 0.287. The highest BCUT2D eigenvalue weighted by molar-refractivity contribution is 8.27. The van der Waals surface area contributed by atoms with Crippen molar-refractivity contribution in [1.82, 2.24) is 14.6 Å². The summed E-state index contributed by atoms with van der Waals surface area (Å²) >= 11 is 7.37. The van der Waals surface area contributed by atoms with Gasteiger partial charge in [0.25, 0.3) is 5.91 Å². The Kier molecular flexibility index (Phi) is 6.30. The second-order valence-electron chi connectivity index (χ2n) is 8.72. The highest BCUT2D eigenvalue weighted by Gasteiger charge is 2.36. The Morgan fingerprint density at radius 2 is 2.03 bits per heavy atom. The highest BCUT2D eigenvalue weighted by Crippen LogP contribution is 2.32. The van der Waals surface area contributed by atoms with Crippen molar-refractivity contribution in [2.45, 2.75) is 13.5 Å². The molecule has 0 atom stereocenters. The first-order chi connectivity index (χ1) is 18.5. The molecule has 0 bridgehead atoms. The summed E-state index contributed by atoms with van der Waals surface area (Å²) in [6, 6.07) is 17.2. The van der Waals surface area contributed by atoms with Gasteiger partial charge in [0.1, 0.15) is 17.4 Å². The number of hydrogen-bond acceptors (Lipinski definition) is 6. The van der Waals surface area contributed by atoms with Crippen molar-refractivity contribution in [3.63, 3.8) is 0 Å². The molecular formula is C28H21ClN6O2S. The molecule has 1 N–H and O–H groups in total. The standard InChI is InChI=1S/C28H21ClN6O2S/c1-17-13-20(8-9-23(17)29)37-12-11-34-16-19(21-6-2-3-7-24(21)34)14-22-25(30)35-28(32-26(22)36)38-27(33-35)18-5-4-10-31-15-18/h2-10,13-16,30H,11-12H2,1H3. The second-order valence-corrected chi connectivity index (χ2v) is 10.1. The molecule has 0 saturated carbocycles. The van der Waals surface area contributed by atoms with E-state index in [1.165, 1.54) is 16.8 Å². The van der Waals surface area contributed by atoms with Gasteiger partial charge in [-0.1, -0.05) is 29.8 Å². The lowest BCUT2D eigenvalue weighted by atomic mass is 10.1. The number of amides is 1. The maximum Gasteiger partial charge on any atom is 0.283 e. The molecule has 6 rings (SSSR count). The Labute approximate surface area is 227 Å². The molecule has 38 heavy (non-hydrogen) atoms. The van der Waals surface area contributed by atoms with Gasteiger partial charge in [0.15, 0.2) is 5.84 Å². The van der Waals surface area contributed by atoms with Crippen molar-refractivity contribution < 1.29 is 9.53 Å². The number of hydrogen-bond donors (Lipinski definition) is 1. The van der Waals surface area contributed by atoms with Crippen molar-refractivity contribution in [2.24, 2.45) is 10.1 Å². The normalized spacial score (nSPS) is 16.2. The number of ether oxygens (including phenoxy) is 1. The minimum atomic E-state index is -0.463. The van der Waals surface area contributed by atoms with E-state index >= 15 is 0 Å². The molecule has 10 heteroatoms. The molecule has 2 aliphatic heterocycles. The van der Waals surface area contributed by atoms with E-state index in [9.17, 15) is 4.79 Å². The monoisotopic (exact) mass is 540 g/mol. The van der Waals surface area contributed by atoms with Crippen LogP contribution in [-0.2, 0) is 11.3 Å². The van der Waals surface area contributed by atoms with E-state index in [-0.39, 0.29) is 11.4 Å². The lowest BCUT2D eigenvalue weighted by Gasteiger charge is -2.20. The van der Waals surface area contributed by atoms with Crippen molar-refractivity contribution >= 4 is 62.3 Å². The molecule has 188 valence electrons. The third-order valence-electron chi connectivity index (χ3n) is 6.21. The van der Waals surface area contributed by atoms with E-state index in [4.69, 9.17) is 21.7 Å². The van der Waals surface area contributed by atoms with Gasteiger partial charge < -0.3 is 9.30 Å². The van der Waals surface area contributed by atoms with Crippen LogP contribution in [0.15, 0.2) is 88.9 Å². The Bertz CT molecular complexity index is 1690. The van der Waals surface area contributed by atoms with Gasteiger partial charge >= 0.3 is 0 Å². The fraction of sp³-hybridized carbons (Fsp3) is 0.107. The zero-order valence-corrected chi connectivity index (χ0v) is 21.8. The number of benzene rings is 2. The zero-order chi connectivity index (χ0) is 26.2. The molecular weight excluding hydrogens is 520 g/mol. The number of nitrogens with one attached hydrogen (secondary N) is 1. The molecule has 0 radical (unpaired) electrons. The summed E-state index contributed by atoms with van der Waals surface area (Å²) in [5, 5.41) is 17.4. The number of carbonyl (C=O) groups excluding carboxylic acids is 1. The first-order valence-corrected chi connectivity index (χ1v) is 13.0. The Hall–Kier alpha value is -4.21. The number of halogens is 1. The molecule has 4 aromatic rings. The van der Waals surface area contributed by atoms with Crippen LogP contribution in [-0.4, -0.2) is 43.1 Å². The van der Waals surface area contributed by atoms with Crippen LogP contribution in [0.5, 0.6) is 5.75 Å². The number of fused-ring (bicyclic) bond motifs is 2. The number of hydrazone groups is 1. The van der Waals surface area contributed by atoms with Crippen molar-refractivity contribution in [1.29, 1.82) is 5.41 Å². The summed E-state index contributed by atoms with van der Waals surface area (Å²) in [6.45, 7) is 2.99. The molecule has 2 aliphatic rings. The molecule has 1 amide bonds. The minimum Gasteiger partial charge on any atom is -0.492 e. The first-order valence-electron chi connectivity index (χ1n) is 11.9. The number of thioether (sulfide) groups is 1. The lowest BCUT2D eigenvalue weighted by molar-refractivity contribution is -0.114. The number of amidine groups is 2. The van der Waals surface area contributed by atoms with Gasteiger partial charge in [-0.15, -0.1) is 0 Å². The third kappa shape index (κ3) is 4.51. The van der Waals surface area contributed by atoms with Crippen molar-refractivity contribution in [3.05, 3.63) is 100 Å². The van der Waals surface area contributed by atoms with E-state index < -0.39 is 5.91 Å². The quantitative estimate of drug-likeness (QED) is 0.314. The van der Waals surface area contributed by atoms with Gasteiger partial charge in [0.2, 0.25) is 5.17 Å². The van der Waals surface area contributed by atoms with Crippen molar-refractivity contribution in [3.8, 4) is 5.75 Å². The van der Waals surface area contributed by atoms with Crippen LogP contribution in [0.2, 0.25) is 5.02 Å². The Morgan fingerprint density at radius 3 is 2.84 bits per heavy atom. The molecule has 8 nitrogen and oxygen atoms in total. The fourth-order valence-corrected chi connectivity index (χ4v) is 5.30. The predicted molar refractivity (Wildman–Crippen MR) is 152 cm³/mol. The van der Waals surface area contributed by atoms with Gasteiger partial charge in [0.05, 0.1) is 12.1 Å². The lowest BCUT2D eigenvalue weighted by Crippen LogP contribution is -2.35. The van der Waals surface area contributed by atoms with Gasteiger partial charge in [-0.25, -0.2) is 0 Å². The maximum atomic E-state index is 13.0. The Balaban J connectivity index is 1.27. The van der Waals surface area contributed by atoms with E-state index in [1.807, 2.05) is 67.7 Å². The van der Waals surface area contributed by atoms with Crippen LogP contribution in [0.1, 0.15) is 16.7 Å². The van der Waals surface area contributed by atoms with E-state index in [0.29, 0.717) is 28.4 Å². The van der Waals surface area contributed by atoms with Crippen LogP contribution in [0.25, 0.3) is 17.0 Å². The number of rotatable bonds is 6. The summed E-state index contributed by atoms with van der Waals surface area (Å²) in [7, 11) is 0. The van der Waals surface area contributed by atoms with Crippen LogP contribution < -0.4 is 4.74 Å². The average molecular weight is 541 g/mol. The number of pyridine rings is 1. The number of aliphatic imine (C=N–C) groups is 1. The topological polar surface area (TPSA) is 95.9 Å². The largest absolute Gasteiger partial charge is 0.492 e. The molecule has 0 spiro atoms. The molecule has 4 heterocycles. The second kappa shape index (κ2) is 9.92. The predicted octanol–water partition coefficient (Wildman–Crippen LogP) is 5.74. The van der Waals surface area contributed by atoms with Gasteiger partial charge in [-0.2, -0.15) is 15.1 Å². The summed E-state index contributed by atoms with van der Waals surface area (Å²) in [4.78, 5) is 21.3. The summed E-state index contributed by atoms with van der Waals surface area (Å²) in [5.41, 5.74) is 3.77. The molecule has 0 aliphatic carbocycles. The number of nitrogens with zero attached hydrogens (tertiary/aromatic N) is 5. The molecule has 0 saturated heterocycles. The fourth-order valence-electron chi connectivity index (χ4n) is 4.30. The van der Waals surface area contributed by atoms with Crippen LogP contribution >= 0.6 is 23.4 Å². The number of carbonyl (C=O) groups is 1.